The van der Waals surface area contributed by atoms with Crippen molar-refractivity contribution in [3.05, 3.63) is 97.2 Å². The Morgan fingerprint density at radius 1 is 0.190 bits per heavy atom. The van der Waals surface area contributed by atoms with E-state index >= 15 is 0 Å². The van der Waals surface area contributed by atoms with Crippen LogP contribution in [0.25, 0.3) is 0 Å². The van der Waals surface area contributed by atoms with Gasteiger partial charge in [-0.3, -0.25) is 0 Å². The largest absolute Gasteiger partial charge is 0.314 e. The molecule has 84 heavy (non-hydrogen) atoms. The maximum atomic E-state index is 4.02. The summed E-state index contributed by atoms with van der Waals surface area (Å²) in [6.45, 7) is 15.5. The third-order valence-electron chi connectivity index (χ3n) is 17.0. The summed E-state index contributed by atoms with van der Waals surface area (Å²) < 4.78 is 0. The lowest BCUT2D eigenvalue weighted by molar-refractivity contribution is 0.405. The van der Waals surface area contributed by atoms with Crippen molar-refractivity contribution >= 4 is 0 Å². The molecule has 0 atom stereocenters. The summed E-state index contributed by atoms with van der Waals surface area (Å²) in [4.78, 5) is 0. The van der Waals surface area contributed by atoms with Gasteiger partial charge in [0.25, 0.3) is 0 Å². The van der Waals surface area contributed by atoms with Crippen LogP contribution in [0.4, 0.5) is 0 Å². The lowest BCUT2D eigenvalue weighted by Gasteiger charge is -2.20. The lowest BCUT2D eigenvalue weighted by atomic mass is 9.99. The molecule has 4 N–H and O–H groups in total. The molecule has 0 rings (SSSR count). The molecule has 0 unspecified atom stereocenters. The summed E-state index contributed by atoms with van der Waals surface area (Å²) in [5, 5.41) is 15.6. The molecular weight excluding hydrogens is 1020 g/mol. The molecule has 0 aromatic carbocycles. The van der Waals surface area contributed by atoms with Crippen molar-refractivity contribution in [2.24, 2.45) is 0 Å². The molecule has 0 aliphatic heterocycles. The highest BCUT2D eigenvalue weighted by molar-refractivity contribution is 4.95. The Hall–Kier alpha value is -2.24. The molecule has 0 spiro atoms. The van der Waals surface area contributed by atoms with Crippen molar-refractivity contribution < 1.29 is 0 Å². The predicted molar refractivity (Wildman–Crippen MR) is 385 cm³/mol. The van der Waals surface area contributed by atoms with Crippen LogP contribution < -0.4 is 21.3 Å². The highest BCUT2D eigenvalue weighted by Gasteiger charge is 2.10. The van der Waals surface area contributed by atoms with Crippen LogP contribution in [0.2, 0.25) is 0 Å². The summed E-state index contributed by atoms with van der Waals surface area (Å²) >= 11 is 0. The molecule has 0 bridgehead atoms. The first-order chi connectivity index (χ1) is 41.8. The number of hydrogen-bond acceptors (Lipinski definition) is 4. The maximum absolute atomic E-state index is 4.02. The third kappa shape index (κ3) is 72.2. The van der Waals surface area contributed by atoms with Gasteiger partial charge in [0.15, 0.2) is 0 Å². The van der Waals surface area contributed by atoms with Crippen LogP contribution in [0, 0.1) is 0 Å². The number of unbranched alkanes of at least 4 members (excludes halogenated alkanes) is 36. The molecule has 0 fully saturated rings. The van der Waals surface area contributed by atoms with E-state index < -0.39 is 0 Å². The van der Waals surface area contributed by atoms with Crippen LogP contribution in [0.15, 0.2) is 97.2 Å². The first-order valence-corrected chi connectivity index (χ1v) is 37.9. The first kappa shape index (κ1) is 81.8. The molecule has 490 valence electrons. The molecule has 0 heterocycles. The second kappa shape index (κ2) is 76.9. The zero-order valence-electron chi connectivity index (χ0n) is 57.4. The van der Waals surface area contributed by atoms with E-state index in [9.17, 15) is 0 Å². The SMILES string of the molecule is CCCCC/C=C\C/C=C\CCCCCCCCC(CCCCCCCC/C=C\C/C=C\CCCCC)NCCNCCNCCNC(CCCCCCCC/C=C\C/C=C\CCCCC)CCCCCCCC/C=C\C/C=C\CCCCC. The predicted octanol–water partition coefficient (Wildman–Crippen LogP) is 24.9. The van der Waals surface area contributed by atoms with E-state index in [0.717, 1.165) is 65.0 Å². The van der Waals surface area contributed by atoms with Gasteiger partial charge in [0.1, 0.15) is 0 Å². The number of rotatable bonds is 71. The monoisotopic (exact) mass is 1170 g/mol. The number of hydrogen-bond donors (Lipinski definition) is 4. The van der Waals surface area contributed by atoms with E-state index in [1.54, 1.807) is 0 Å². The van der Waals surface area contributed by atoms with Crippen molar-refractivity contribution in [1.82, 2.24) is 21.3 Å². The second-order valence-electron chi connectivity index (χ2n) is 25.3. The summed E-state index contributed by atoms with van der Waals surface area (Å²) in [6.07, 6.45) is 107. The van der Waals surface area contributed by atoms with Crippen LogP contribution in [0.1, 0.15) is 362 Å². The van der Waals surface area contributed by atoms with Gasteiger partial charge in [-0.2, -0.15) is 0 Å². The highest BCUT2D eigenvalue weighted by atomic mass is 15.0. The van der Waals surface area contributed by atoms with Crippen molar-refractivity contribution in [2.75, 3.05) is 39.3 Å². The van der Waals surface area contributed by atoms with Gasteiger partial charge in [-0.25, -0.2) is 0 Å². The van der Waals surface area contributed by atoms with Crippen LogP contribution in [0.3, 0.4) is 0 Å². The van der Waals surface area contributed by atoms with E-state index in [0.29, 0.717) is 12.1 Å². The Kier molecular flexibility index (Phi) is 74.8. The molecule has 0 aromatic rings. The molecule has 0 saturated carbocycles. The molecule has 0 aliphatic rings. The van der Waals surface area contributed by atoms with Crippen molar-refractivity contribution in [3.8, 4) is 0 Å². The summed E-state index contributed by atoms with van der Waals surface area (Å²) in [5.74, 6) is 0. The fourth-order valence-corrected chi connectivity index (χ4v) is 11.4. The number of nitrogens with one attached hydrogen (secondary N) is 4. The maximum Gasteiger partial charge on any atom is 0.00793 e. The van der Waals surface area contributed by atoms with Gasteiger partial charge in [-0.05, 0) is 154 Å². The Balaban J connectivity index is 4.66. The Bertz CT molecular complexity index is 1250. The van der Waals surface area contributed by atoms with Crippen LogP contribution >= 0.6 is 0 Å². The van der Waals surface area contributed by atoms with Gasteiger partial charge < -0.3 is 21.3 Å². The van der Waals surface area contributed by atoms with E-state index in [4.69, 9.17) is 0 Å². The Morgan fingerprint density at radius 3 is 0.583 bits per heavy atom. The first-order valence-electron chi connectivity index (χ1n) is 37.9. The Morgan fingerprint density at radius 2 is 0.369 bits per heavy atom. The molecule has 4 heteroatoms. The topological polar surface area (TPSA) is 48.1 Å². The molecule has 0 radical (unpaired) electrons. The zero-order chi connectivity index (χ0) is 60.3. The van der Waals surface area contributed by atoms with Gasteiger partial charge >= 0.3 is 0 Å². The van der Waals surface area contributed by atoms with Crippen LogP contribution in [0.5, 0.6) is 0 Å². The van der Waals surface area contributed by atoms with Gasteiger partial charge in [0, 0.05) is 51.4 Å². The molecule has 0 amide bonds. The third-order valence-corrected chi connectivity index (χ3v) is 17.0. The lowest BCUT2D eigenvalue weighted by Crippen LogP contribution is -2.39. The van der Waals surface area contributed by atoms with E-state index in [2.05, 4.69) is 146 Å². The quantitative estimate of drug-likeness (QED) is 0.0362. The van der Waals surface area contributed by atoms with Gasteiger partial charge in [0.2, 0.25) is 0 Å². The van der Waals surface area contributed by atoms with Crippen molar-refractivity contribution in [3.63, 3.8) is 0 Å². The van der Waals surface area contributed by atoms with Crippen molar-refractivity contribution in [2.45, 2.75) is 374 Å². The minimum absolute atomic E-state index is 0.672. The van der Waals surface area contributed by atoms with E-state index in [1.165, 1.54) is 308 Å². The molecular formula is C80H150N4. The van der Waals surface area contributed by atoms with E-state index in [-0.39, 0.29) is 0 Å². The standard InChI is InChI=1S/C80H150N4/c1-5-9-13-17-21-25-29-33-37-41-45-49-53-57-61-65-69-79(70-66-62-58-54-50-46-42-38-34-30-26-22-18-14-10-6-2)83-77-75-81-73-74-82-76-78-84-80(71-67-63-59-55-51-47-43-39-35-31-27-23-19-15-11-7-3)72-68-64-60-56-52-48-44-40-36-32-28-24-20-16-12-8-4/h21-28,33-40,79-84H,5-20,29-32,41-78H2,1-4H3/b25-21-,26-22-,27-23-,28-24-,37-33-,38-34-,39-35-,40-36-. The van der Waals surface area contributed by atoms with Crippen LogP contribution in [-0.2, 0) is 0 Å². The van der Waals surface area contributed by atoms with Gasteiger partial charge in [-0.15, -0.1) is 0 Å². The molecule has 0 aromatic heterocycles. The molecule has 0 saturated heterocycles. The Labute approximate surface area is 528 Å². The smallest absolute Gasteiger partial charge is 0.00793 e. The van der Waals surface area contributed by atoms with Gasteiger partial charge in [-0.1, -0.05) is 305 Å². The molecule has 0 aliphatic carbocycles. The zero-order valence-corrected chi connectivity index (χ0v) is 57.4. The second-order valence-corrected chi connectivity index (χ2v) is 25.3. The minimum Gasteiger partial charge on any atom is -0.314 e. The minimum atomic E-state index is 0.672. The highest BCUT2D eigenvalue weighted by Crippen LogP contribution is 2.18. The normalized spacial score (nSPS) is 12.7. The van der Waals surface area contributed by atoms with Crippen molar-refractivity contribution in [1.29, 1.82) is 0 Å². The number of allylic oxidation sites excluding steroid dienone is 16. The van der Waals surface area contributed by atoms with Crippen LogP contribution in [-0.4, -0.2) is 51.4 Å². The van der Waals surface area contributed by atoms with E-state index in [1.807, 2.05) is 0 Å². The average Bonchev–Trinajstić information content (AvgIpc) is 3.50. The summed E-state index contributed by atoms with van der Waals surface area (Å²) in [5.41, 5.74) is 0. The summed E-state index contributed by atoms with van der Waals surface area (Å²) in [7, 11) is 0. The molecule has 4 nitrogen and oxygen atoms in total. The fraction of sp³-hybridized carbons (Fsp3) is 0.800. The fourth-order valence-electron chi connectivity index (χ4n) is 11.4. The average molecular weight is 1170 g/mol. The summed E-state index contributed by atoms with van der Waals surface area (Å²) in [6, 6.07) is 1.34. The van der Waals surface area contributed by atoms with Gasteiger partial charge in [0.05, 0.1) is 0 Å².